The van der Waals surface area contributed by atoms with Gasteiger partial charge in [0.15, 0.2) is 11.7 Å². The normalized spacial score (nSPS) is 10.0. The average Bonchev–Trinajstić information content (AvgIpc) is 2.60. The van der Waals surface area contributed by atoms with Crippen molar-refractivity contribution in [2.75, 3.05) is 6.61 Å². The van der Waals surface area contributed by atoms with Gasteiger partial charge < -0.3 is 10.1 Å². The van der Waals surface area contributed by atoms with Crippen LogP contribution in [0, 0.1) is 11.3 Å². The Morgan fingerprint density at radius 2 is 1.91 bits per heavy atom. The molecule has 2 N–H and O–H groups in total. The second kappa shape index (κ2) is 9.18. The lowest BCUT2D eigenvalue weighted by Gasteiger charge is -2.06. The molecule has 0 aliphatic carbocycles. The van der Waals surface area contributed by atoms with E-state index in [1.807, 2.05) is 48.5 Å². The van der Waals surface area contributed by atoms with Crippen molar-refractivity contribution in [2.45, 2.75) is 6.54 Å². The molecule has 2 aromatic rings. The molecule has 0 aliphatic heterocycles. The molecular weight excluding hydrogens is 308 g/mol. The topological polar surface area (TPSA) is 69.4 Å². The van der Waals surface area contributed by atoms with Gasteiger partial charge in [-0.1, -0.05) is 30.3 Å². The highest BCUT2D eigenvalue weighted by Crippen LogP contribution is 2.10. The zero-order chi connectivity index (χ0) is 16.3. The van der Waals surface area contributed by atoms with E-state index in [9.17, 15) is 0 Å². The number of hydrogen-bond acceptors (Lipinski definition) is 4. The third-order valence-corrected chi connectivity index (χ3v) is 3.09. The monoisotopic (exact) mass is 324 g/mol. The van der Waals surface area contributed by atoms with Crippen molar-refractivity contribution in [1.82, 2.24) is 10.7 Å². The standard InChI is InChI=1S/C17H16N4OS/c18-10-11-22-16-8-6-15(7-9-16)13-20-21-17(23)19-12-14-4-2-1-3-5-14/h1-9,13H,11-12H2,(H2,19,21,23)/b20-13-. The van der Waals surface area contributed by atoms with Gasteiger partial charge in [0, 0.05) is 6.54 Å². The molecule has 6 heteroatoms. The van der Waals surface area contributed by atoms with Crippen molar-refractivity contribution < 1.29 is 4.74 Å². The van der Waals surface area contributed by atoms with Crippen molar-refractivity contribution in [3.63, 3.8) is 0 Å². The van der Waals surface area contributed by atoms with Gasteiger partial charge in [-0.05, 0) is 47.6 Å². The Morgan fingerprint density at radius 1 is 1.17 bits per heavy atom. The van der Waals surface area contributed by atoms with Crippen LogP contribution < -0.4 is 15.5 Å². The molecule has 0 atom stereocenters. The first-order valence-corrected chi connectivity index (χ1v) is 7.39. The van der Waals surface area contributed by atoms with Gasteiger partial charge in [0.2, 0.25) is 0 Å². The highest BCUT2D eigenvalue weighted by atomic mass is 32.1. The Balaban J connectivity index is 1.75. The molecular formula is C17H16N4OS. The van der Waals surface area contributed by atoms with Crippen LogP contribution in [-0.2, 0) is 6.54 Å². The second-order valence-corrected chi connectivity index (χ2v) is 4.96. The van der Waals surface area contributed by atoms with Gasteiger partial charge in [0.05, 0.1) is 6.21 Å². The summed E-state index contributed by atoms with van der Waals surface area (Å²) in [4.78, 5) is 0. The number of thiocarbonyl (C=S) groups is 1. The highest BCUT2D eigenvalue weighted by molar-refractivity contribution is 7.80. The van der Waals surface area contributed by atoms with Crippen LogP contribution in [0.2, 0.25) is 0 Å². The van der Waals surface area contributed by atoms with Crippen LogP contribution in [0.5, 0.6) is 5.75 Å². The SMILES string of the molecule is N#CCOc1ccc(/C=N\NC(=S)NCc2ccccc2)cc1. The Hall–Kier alpha value is -2.91. The fourth-order valence-corrected chi connectivity index (χ4v) is 1.87. The van der Waals surface area contributed by atoms with Crippen molar-refractivity contribution in [3.05, 3.63) is 65.7 Å². The summed E-state index contributed by atoms with van der Waals surface area (Å²) in [6.07, 6.45) is 1.66. The second-order valence-electron chi connectivity index (χ2n) is 4.55. The highest BCUT2D eigenvalue weighted by Gasteiger charge is 1.95. The molecule has 0 unspecified atom stereocenters. The number of rotatable bonds is 6. The molecule has 0 bridgehead atoms. The van der Waals surface area contributed by atoms with Crippen LogP contribution in [0.1, 0.15) is 11.1 Å². The quantitative estimate of drug-likeness (QED) is 0.485. The minimum Gasteiger partial charge on any atom is -0.479 e. The molecule has 23 heavy (non-hydrogen) atoms. The third-order valence-electron chi connectivity index (χ3n) is 2.86. The van der Waals surface area contributed by atoms with Gasteiger partial charge in [0.1, 0.15) is 11.8 Å². The van der Waals surface area contributed by atoms with E-state index < -0.39 is 0 Å². The Morgan fingerprint density at radius 3 is 2.61 bits per heavy atom. The smallest absolute Gasteiger partial charge is 0.187 e. The predicted molar refractivity (Wildman–Crippen MR) is 94.2 cm³/mol. The van der Waals surface area contributed by atoms with Gasteiger partial charge in [0.25, 0.3) is 0 Å². The van der Waals surface area contributed by atoms with Crippen LogP contribution >= 0.6 is 12.2 Å². The van der Waals surface area contributed by atoms with Crippen LogP contribution in [0.4, 0.5) is 0 Å². The van der Waals surface area contributed by atoms with Crippen molar-refractivity contribution in [3.8, 4) is 11.8 Å². The predicted octanol–water partition coefficient (Wildman–Crippen LogP) is 2.59. The fourth-order valence-electron chi connectivity index (χ4n) is 1.75. The van der Waals surface area contributed by atoms with E-state index in [0.717, 1.165) is 11.1 Å². The molecule has 0 radical (unpaired) electrons. The lowest BCUT2D eigenvalue weighted by molar-refractivity contribution is 0.368. The zero-order valence-electron chi connectivity index (χ0n) is 12.4. The molecule has 2 rings (SSSR count). The number of hydrazone groups is 1. The van der Waals surface area contributed by atoms with Crippen LogP contribution in [0.15, 0.2) is 59.7 Å². The van der Waals surface area contributed by atoms with Crippen molar-refractivity contribution in [2.24, 2.45) is 5.10 Å². The maximum absolute atomic E-state index is 8.44. The van der Waals surface area contributed by atoms with Crippen LogP contribution in [0.25, 0.3) is 0 Å². The van der Waals surface area contributed by atoms with E-state index in [1.54, 1.807) is 18.3 Å². The zero-order valence-corrected chi connectivity index (χ0v) is 13.2. The maximum atomic E-state index is 8.44. The van der Waals surface area contributed by atoms with Gasteiger partial charge in [-0.2, -0.15) is 10.4 Å². The molecule has 5 nitrogen and oxygen atoms in total. The van der Waals surface area contributed by atoms with E-state index in [-0.39, 0.29) is 6.61 Å². The summed E-state index contributed by atoms with van der Waals surface area (Å²) < 4.78 is 5.17. The first-order chi connectivity index (χ1) is 11.3. The van der Waals surface area contributed by atoms with E-state index in [2.05, 4.69) is 15.8 Å². The Bertz CT molecular complexity index is 693. The number of benzene rings is 2. The van der Waals surface area contributed by atoms with E-state index >= 15 is 0 Å². The maximum Gasteiger partial charge on any atom is 0.187 e. The summed E-state index contributed by atoms with van der Waals surface area (Å²) in [7, 11) is 0. The number of ether oxygens (including phenoxy) is 1. The summed E-state index contributed by atoms with van der Waals surface area (Å²) in [5.74, 6) is 0.650. The molecule has 0 aliphatic rings. The minimum atomic E-state index is 0.0380. The van der Waals surface area contributed by atoms with E-state index in [4.69, 9.17) is 22.2 Å². The third kappa shape index (κ3) is 6.16. The van der Waals surface area contributed by atoms with Gasteiger partial charge in [-0.15, -0.1) is 0 Å². The van der Waals surface area contributed by atoms with E-state index in [0.29, 0.717) is 17.4 Å². The van der Waals surface area contributed by atoms with Crippen LogP contribution in [-0.4, -0.2) is 17.9 Å². The molecule has 0 heterocycles. The molecule has 0 spiro atoms. The van der Waals surface area contributed by atoms with Gasteiger partial charge in [-0.25, -0.2) is 0 Å². The number of nitrogens with zero attached hydrogens (tertiary/aromatic N) is 2. The first-order valence-electron chi connectivity index (χ1n) is 6.98. The van der Waals surface area contributed by atoms with Gasteiger partial charge in [-0.3, -0.25) is 5.43 Å². The Kier molecular flexibility index (Phi) is 6.57. The molecule has 0 saturated carbocycles. The molecule has 2 aromatic carbocycles. The van der Waals surface area contributed by atoms with E-state index in [1.165, 1.54) is 0 Å². The lowest BCUT2D eigenvalue weighted by atomic mass is 10.2. The summed E-state index contributed by atoms with van der Waals surface area (Å²) in [5, 5.41) is 16.0. The first kappa shape index (κ1) is 16.5. The van der Waals surface area contributed by atoms with Crippen molar-refractivity contribution >= 4 is 23.5 Å². The lowest BCUT2D eigenvalue weighted by Crippen LogP contribution is -2.31. The summed E-state index contributed by atoms with van der Waals surface area (Å²) in [6, 6.07) is 19.2. The summed E-state index contributed by atoms with van der Waals surface area (Å²) >= 11 is 5.15. The molecule has 0 amide bonds. The molecule has 0 saturated heterocycles. The van der Waals surface area contributed by atoms with Crippen LogP contribution in [0.3, 0.4) is 0 Å². The number of nitrogens with one attached hydrogen (secondary N) is 2. The molecule has 116 valence electrons. The molecule has 0 fully saturated rings. The van der Waals surface area contributed by atoms with Crippen molar-refractivity contribution in [1.29, 1.82) is 5.26 Å². The largest absolute Gasteiger partial charge is 0.479 e. The average molecular weight is 324 g/mol. The minimum absolute atomic E-state index is 0.0380. The van der Waals surface area contributed by atoms with Gasteiger partial charge >= 0.3 is 0 Å². The summed E-state index contributed by atoms with van der Waals surface area (Å²) in [6.45, 7) is 0.684. The molecule has 0 aromatic heterocycles. The summed E-state index contributed by atoms with van der Waals surface area (Å²) in [5.41, 5.74) is 4.81. The Labute approximate surface area is 140 Å². The number of nitriles is 1. The number of hydrogen-bond donors (Lipinski definition) is 2. The fraction of sp³-hybridized carbons (Fsp3) is 0.118.